The van der Waals surface area contributed by atoms with Crippen LogP contribution in [0, 0.1) is 12.8 Å². The van der Waals surface area contributed by atoms with Crippen LogP contribution in [0.1, 0.15) is 22.8 Å². The number of hydrogen-bond donors (Lipinski definition) is 0. The number of carbonyl (C=O) groups is 1. The van der Waals surface area contributed by atoms with E-state index >= 15 is 0 Å². The zero-order valence-corrected chi connectivity index (χ0v) is 9.99. The Hall–Kier alpha value is -1.51. The molecule has 1 heterocycles. The number of aryl methyl sites for hydroxylation is 1. The predicted octanol–water partition coefficient (Wildman–Crippen LogP) is 2.10. The van der Waals surface area contributed by atoms with Crippen molar-refractivity contribution in [2.24, 2.45) is 5.92 Å². The van der Waals surface area contributed by atoms with Gasteiger partial charge in [0.05, 0.1) is 7.11 Å². The Balaban J connectivity index is 2.17. The fourth-order valence-electron chi connectivity index (χ4n) is 2.00. The van der Waals surface area contributed by atoms with Gasteiger partial charge in [0.25, 0.3) is 5.91 Å². The molecule has 1 aromatic rings. The highest BCUT2D eigenvalue weighted by molar-refractivity contribution is 5.95. The lowest BCUT2D eigenvalue weighted by atomic mass is 10.0. The van der Waals surface area contributed by atoms with Gasteiger partial charge in [0.15, 0.2) is 0 Å². The average Bonchev–Trinajstić information content (AvgIpc) is 2.24. The highest BCUT2D eigenvalue weighted by atomic mass is 16.5. The Morgan fingerprint density at radius 1 is 1.44 bits per heavy atom. The standard InChI is InChI=1S/C13H17NO2/c1-9-7-14(8-9)13(15)11-5-4-10(2)12(6-11)16-3/h4-6,9H,7-8H2,1-3H3. The summed E-state index contributed by atoms with van der Waals surface area (Å²) in [5, 5.41) is 0. The molecule has 2 rings (SSSR count). The number of rotatable bonds is 2. The molecule has 0 spiro atoms. The molecule has 0 N–H and O–H groups in total. The van der Waals surface area contributed by atoms with Gasteiger partial charge >= 0.3 is 0 Å². The topological polar surface area (TPSA) is 29.5 Å². The zero-order valence-electron chi connectivity index (χ0n) is 9.99. The van der Waals surface area contributed by atoms with E-state index in [-0.39, 0.29) is 5.91 Å². The third kappa shape index (κ3) is 1.90. The van der Waals surface area contributed by atoms with Crippen LogP contribution in [0.5, 0.6) is 5.75 Å². The van der Waals surface area contributed by atoms with Crippen molar-refractivity contribution in [1.82, 2.24) is 4.90 Å². The highest BCUT2D eigenvalue weighted by Gasteiger charge is 2.27. The third-order valence-corrected chi connectivity index (χ3v) is 3.01. The first-order chi connectivity index (χ1) is 7.61. The molecule has 1 amide bonds. The first kappa shape index (κ1) is 11.0. The van der Waals surface area contributed by atoms with E-state index in [9.17, 15) is 4.79 Å². The Morgan fingerprint density at radius 3 is 2.69 bits per heavy atom. The molecular formula is C13H17NO2. The van der Waals surface area contributed by atoms with Crippen molar-refractivity contribution in [3.8, 4) is 5.75 Å². The molecule has 86 valence electrons. The second kappa shape index (κ2) is 4.16. The SMILES string of the molecule is COc1cc(C(=O)N2CC(C)C2)ccc1C. The van der Waals surface area contributed by atoms with Crippen LogP contribution < -0.4 is 4.74 Å². The number of ether oxygens (including phenoxy) is 1. The minimum Gasteiger partial charge on any atom is -0.496 e. The van der Waals surface area contributed by atoms with Crippen LogP contribution in [0.2, 0.25) is 0 Å². The maximum Gasteiger partial charge on any atom is 0.254 e. The van der Waals surface area contributed by atoms with Crippen molar-refractivity contribution < 1.29 is 9.53 Å². The maximum atomic E-state index is 12.0. The van der Waals surface area contributed by atoms with Gasteiger partial charge in [0.2, 0.25) is 0 Å². The van der Waals surface area contributed by atoms with Crippen molar-refractivity contribution >= 4 is 5.91 Å². The molecule has 1 saturated heterocycles. The Labute approximate surface area is 96.0 Å². The number of methoxy groups -OCH3 is 1. The quantitative estimate of drug-likeness (QED) is 0.762. The lowest BCUT2D eigenvalue weighted by molar-refractivity contribution is 0.0530. The summed E-state index contributed by atoms with van der Waals surface area (Å²) < 4.78 is 5.22. The van der Waals surface area contributed by atoms with Gasteiger partial charge in [-0.25, -0.2) is 0 Å². The first-order valence-electron chi connectivity index (χ1n) is 5.55. The van der Waals surface area contributed by atoms with Crippen LogP contribution in [0.25, 0.3) is 0 Å². The average molecular weight is 219 g/mol. The van der Waals surface area contributed by atoms with Gasteiger partial charge in [-0.1, -0.05) is 13.0 Å². The molecule has 0 aliphatic carbocycles. The summed E-state index contributed by atoms with van der Waals surface area (Å²) in [5.41, 5.74) is 1.77. The van der Waals surface area contributed by atoms with Gasteiger partial charge in [-0.3, -0.25) is 4.79 Å². The van der Waals surface area contributed by atoms with Gasteiger partial charge < -0.3 is 9.64 Å². The molecule has 0 unspecified atom stereocenters. The monoisotopic (exact) mass is 219 g/mol. The minimum absolute atomic E-state index is 0.108. The molecular weight excluding hydrogens is 202 g/mol. The van der Waals surface area contributed by atoms with E-state index in [0.29, 0.717) is 11.5 Å². The summed E-state index contributed by atoms with van der Waals surface area (Å²) in [6, 6.07) is 5.61. The van der Waals surface area contributed by atoms with E-state index < -0.39 is 0 Å². The Kier molecular flexibility index (Phi) is 2.86. The van der Waals surface area contributed by atoms with E-state index in [1.54, 1.807) is 7.11 Å². The van der Waals surface area contributed by atoms with E-state index in [1.807, 2.05) is 30.0 Å². The molecule has 1 aliphatic rings. The van der Waals surface area contributed by atoms with Crippen LogP contribution in [-0.4, -0.2) is 31.0 Å². The lowest BCUT2D eigenvalue weighted by Crippen LogP contribution is -2.48. The van der Waals surface area contributed by atoms with Gasteiger partial charge in [-0.15, -0.1) is 0 Å². The van der Waals surface area contributed by atoms with Crippen LogP contribution in [0.4, 0.5) is 0 Å². The Morgan fingerprint density at radius 2 is 2.12 bits per heavy atom. The summed E-state index contributed by atoms with van der Waals surface area (Å²) >= 11 is 0. The highest BCUT2D eigenvalue weighted by Crippen LogP contribution is 2.22. The summed E-state index contributed by atoms with van der Waals surface area (Å²) in [6.07, 6.45) is 0. The molecule has 0 aromatic heterocycles. The van der Waals surface area contributed by atoms with Crippen molar-refractivity contribution in [3.05, 3.63) is 29.3 Å². The van der Waals surface area contributed by atoms with Gasteiger partial charge in [0, 0.05) is 18.7 Å². The number of likely N-dealkylation sites (tertiary alicyclic amines) is 1. The lowest BCUT2D eigenvalue weighted by Gasteiger charge is -2.37. The van der Waals surface area contributed by atoms with Gasteiger partial charge in [-0.05, 0) is 30.5 Å². The number of carbonyl (C=O) groups excluding carboxylic acids is 1. The van der Waals surface area contributed by atoms with Crippen molar-refractivity contribution in [3.63, 3.8) is 0 Å². The van der Waals surface area contributed by atoms with E-state index in [0.717, 1.165) is 24.4 Å². The van der Waals surface area contributed by atoms with E-state index in [4.69, 9.17) is 4.74 Å². The van der Waals surface area contributed by atoms with Crippen LogP contribution in [0.15, 0.2) is 18.2 Å². The molecule has 0 saturated carbocycles. The van der Waals surface area contributed by atoms with Crippen LogP contribution in [0.3, 0.4) is 0 Å². The van der Waals surface area contributed by atoms with E-state index in [1.165, 1.54) is 0 Å². The number of benzene rings is 1. The maximum absolute atomic E-state index is 12.0. The van der Waals surface area contributed by atoms with Crippen LogP contribution in [-0.2, 0) is 0 Å². The fraction of sp³-hybridized carbons (Fsp3) is 0.462. The molecule has 3 heteroatoms. The first-order valence-corrected chi connectivity index (χ1v) is 5.55. The van der Waals surface area contributed by atoms with Crippen molar-refractivity contribution in [2.45, 2.75) is 13.8 Å². The molecule has 1 aromatic carbocycles. The number of nitrogens with zero attached hydrogens (tertiary/aromatic N) is 1. The Bertz CT molecular complexity index is 408. The predicted molar refractivity (Wildman–Crippen MR) is 62.8 cm³/mol. The molecule has 0 radical (unpaired) electrons. The number of hydrogen-bond acceptors (Lipinski definition) is 2. The zero-order chi connectivity index (χ0) is 11.7. The summed E-state index contributed by atoms with van der Waals surface area (Å²) in [4.78, 5) is 13.9. The molecule has 16 heavy (non-hydrogen) atoms. The summed E-state index contributed by atoms with van der Waals surface area (Å²) in [5.74, 6) is 1.52. The van der Waals surface area contributed by atoms with E-state index in [2.05, 4.69) is 6.92 Å². The summed E-state index contributed by atoms with van der Waals surface area (Å²) in [7, 11) is 1.63. The van der Waals surface area contributed by atoms with Crippen molar-refractivity contribution in [2.75, 3.05) is 20.2 Å². The largest absolute Gasteiger partial charge is 0.496 e. The normalized spacial score (nSPS) is 15.8. The molecule has 0 bridgehead atoms. The fourth-order valence-corrected chi connectivity index (χ4v) is 2.00. The van der Waals surface area contributed by atoms with Crippen molar-refractivity contribution in [1.29, 1.82) is 0 Å². The van der Waals surface area contributed by atoms with Crippen LogP contribution >= 0.6 is 0 Å². The smallest absolute Gasteiger partial charge is 0.254 e. The minimum atomic E-state index is 0.108. The second-order valence-corrected chi connectivity index (χ2v) is 4.50. The van der Waals surface area contributed by atoms with Gasteiger partial charge in [0.1, 0.15) is 5.75 Å². The van der Waals surface area contributed by atoms with Gasteiger partial charge in [-0.2, -0.15) is 0 Å². The third-order valence-electron chi connectivity index (χ3n) is 3.01. The molecule has 1 fully saturated rings. The summed E-state index contributed by atoms with van der Waals surface area (Å²) in [6.45, 7) is 5.86. The molecule has 0 atom stereocenters. The molecule has 1 aliphatic heterocycles. The second-order valence-electron chi connectivity index (χ2n) is 4.50. The molecule has 3 nitrogen and oxygen atoms in total. The number of amides is 1.